The Bertz CT molecular complexity index is 1530. The van der Waals surface area contributed by atoms with E-state index in [1.807, 2.05) is 31.2 Å². The molecule has 0 radical (unpaired) electrons. The number of thiazole rings is 1. The molecule has 10 heteroatoms. The maximum absolute atomic E-state index is 13.8. The zero-order valence-electron chi connectivity index (χ0n) is 20.1. The molecule has 2 heterocycles. The van der Waals surface area contributed by atoms with Crippen molar-refractivity contribution in [2.24, 2.45) is 4.99 Å². The van der Waals surface area contributed by atoms with Crippen LogP contribution in [-0.4, -0.2) is 30.9 Å². The largest absolute Gasteiger partial charge is 0.495 e. The summed E-state index contributed by atoms with van der Waals surface area (Å²) in [7, 11) is 1.55. The van der Waals surface area contributed by atoms with Crippen LogP contribution in [0.3, 0.4) is 0 Å². The number of hydrogen-bond acceptors (Lipinski definition) is 7. The third-order valence-electron chi connectivity index (χ3n) is 5.55. The smallest absolute Gasteiger partial charge is 0.338 e. The van der Waals surface area contributed by atoms with Gasteiger partial charge in [0.2, 0.25) is 0 Å². The Hall–Kier alpha value is -2.88. The summed E-state index contributed by atoms with van der Waals surface area (Å²) in [5.74, 6) is 0.745. The number of methoxy groups -OCH3 is 1. The van der Waals surface area contributed by atoms with Crippen LogP contribution in [0.5, 0.6) is 11.5 Å². The summed E-state index contributed by atoms with van der Waals surface area (Å²) >= 11 is 10.9. The Morgan fingerprint density at radius 3 is 2.58 bits per heavy atom. The minimum Gasteiger partial charge on any atom is -0.495 e. The fourth-order valence-corrected chi connectivity index (χ4v) is 6.10. The number of rotatable bonds is 7. The van der Waals surface area contributed by atoms with Crippen molar-refractivity contribution < 1.29 is 19.0 Å². The van der Waals surface area contributed by atoms with Gasteiger partial charge in [-0.15, -0.1) is 0 Å². The van der Waals surface area contributed by atoms with Crippen molar-refractivity contribution in [3.63, 3.8) is 0 Å². The minimum absolute atomic E-state index is 0.208. The van der Waals surface area contributed by atoms with Crippen LogP contribution < -0.4 is 24.4 Å². The SMILES string of the molecule is CCOC(=O)C1=C(C)N=c2s/c(=C\c3cc(Cl)cc(Br)c3OC)c(=O)n2[C@@H]1c1ccc(OCC)cc1. The van der Waals surface area contributed by atoms with E-state index in [1.165, 1.54) is 15.9 Å². The van der Waals surface area contributed by atoms with Crippen LogP contribution in [-0.2, 0) is 9.53 Å². The van der Waals surface area contributed by atoms with Crippen molar-refractivity contribution in [2.45, 2.75) is 26.8 Å². The molecule has 1 aliphatic rings. The Morgan fingerprint density at radius 1 is 1.22 bits per heavy atom. The summed E-state index contributed by atoms with van der Waals surface area (Å²) in [5, 5.41) is 0.495. The van der Waals surface area contributed by atoms with Gasteiger partial charge < -0.3 is 14.2 Å². The van der Waals surface area contributed by atoms with Crippen molar-refractivity contribution in [3.05, 3.63) is 88.0 Å². The lowest BCUT2D eigenvalue weighted by Crippen LogP contribution is -2.39. The number of esters is 1. The fraction of sp³-hybridized carbons (Fsp3) is 0.269. The normalized spacial score (nSPS) is 15.4. The van der Waals surface area contributed by atoms with Crippen LogP contribution in [0.1, 0.15) is 37.9 Å². The molecule has 4 rings (SSSR count). The quantitative estimate of drug-likeness (QED) is 0.375. The van der Waals surface area contributed by atoms with Crippen molar-refractivity contribution in [1.29, 1.82) is 0 Å². The average molecular weight is 592 g/mol. The third kappa shape index (κ3) is 5.00. The minimum atomic E-state index is -0.703. The molecule has 0 unspecified atom stereocenters. The summed E-state index contributed by atoms with van der Waals surface area (Å²) < 4.78 is 19.1. The van der Waals surface area contributed by atoms with Gasteiger partial charge >= 0.3 is 5.97 Å². The van der Waals surface area contributed by atoms with Gasteiger partial charge in [-0.3, -0.25) is 9.36 Å². The molecule has 3 aromatic rings. The van der Waals surface area contributed by atoms with Crippen LogP contribution in [0.15, 0.2) is 61.9 Å². The van der Waals surface area contributed by atoms with E-state index < -0.39 is 12.0 Å². The van der Waals surface area contributed by atoms with Crippen LogP contribution in [0.4, 0.5) is 0 Å². The third-order valence-corrected chi connectivity index (χ3v) is 7.34. The summed E-state index contributed by atoms with van der Waals surface area (Å²) in [6.45, 7) is 6.14. The number of nitrogens with zero attached hydrogens (tertiary/aromatic N) is 2. The van der Waals surface area contributed by atoms with E-state index in [4.69, 9.17) is 25.8 Å². The topological polar surface area (TPSA) is 79.1 Å². The first-order valence-electron chi connectivity index (χ1n) is 11.2. The van der Waals surface area contributed by atoms with E-state index in [1.54, 1.807) is 39.2 Å². The molecule has 2 aromatic carbocycles. The van der Waals surface area contributed by atoms with E-state index in [0.717, 1.165) is 5.56 Å². The highest BCUT2D eigenvalue weighted by atomic mass is 79.9. The maximum Gasteiger partial charge on any atom is 0.338 e. The first-order chi connectivity index (χ1) is 17.3. The van der Waals surface area contributed by atoms with Crippen molar-refractivity contribution in [3.8, 4) is 11.5 Å². The standard InChI is InChI=1S/C26H24BrClN2O5S/c1-5-34-18-9-7-15(8-10-18)22-21(25(32)35-6-2)14(3)29-26-30(22)24(31)20(36-26)12-16-11-17(28)13-19(27)23(16)33-4/h7-13,22H,5-6H2,1-4H3/b20-12-/t22-/m1/s1. The van der Waals surface area contributed by atoms with E-state index in [0.29, 0.717) is 53.8 Å². The Balaban J connectivity index is 1.95. The predicted molar refractivity (Wildman–Crippen MR) is 144 cm³/mol. The van der Waals surface area contributed by atoms with Gasteiger partial charge in [0.25, 0.3) is 5.56 Å². The molecule has 0 bridgehead atoms. The van der Waals surface area contributed by atoms with Gasteiger partial charge in [-0.1, -0.05) is 35.1 Å². The maximum atomic E-state index is 13.8. The molecule has 0 saturated carbocycles. The van der Waals surface area contributed by atoms with Crippen molar-refractivity contribution in [2.75, 3.05) is 20.3 Å². The molecule has 0 N–H and O–H groups in total. The molecular formula is C26H24BrClN2O5S. The zero-order chi connectivity index (χ0) is 26.0. The van der Waals surface area contributed by atoms with Crippen LogP contribution in [0.25, 0.3) is 6.08 Å². The molecule has 1 atom stereocenters. The van der Waals surface area contributed by atoms with Gasteiger partial charge in [-0.05, 0) is 72.6 Å². The molecule has 7 nitrogen and oxygen atoms in total. The molecule has 0 amide bonds. The van der Waals surface area contributed by atoms with Gasteiger partial charge in [-0.25, -0.2) is 9.79 Å². The molecule has 0 saturated heterocycles. The van der Waals surface area contributed by atoms with E-state index in [9.17, 15) is 9.59 Å². The summed E-state index contributed by atoms with van der Waals surface area (Å²) in [6.07, 6.45) is 1.72. The highest BCUT2D eigenvalue weighted by Crippen LogP contribution is 2.34. The second-order valence-electron chi connectivity index (χ2n) is 7.81. The summed E-state index contributed by atoms with van der Waals surface area (Å²) in [6, 6.07) is 10.1. The molecular weight excluding hydrogens is 568 g/mol. The Morgan fingerprint density at radius 2 is 1.94 bits per heavy atom. The monoisotopic (exact) mass is 590 g/mol. The van der Waals surface area contributed by atoms with Gasteiger partial charge in [0.1, 0.15) is 11.5 Å². The number of halogens is 2. The predicted octanol–water partition coefficient (Wildman–Crippen LogP) is 4.62. The molecule has 0 aliphatic carbocycles. The zero-order valence-corrected chi connectivity index (χ0v) is 23.3. The first-order valence-corrected chi connectivity index (χ1v) is 13.2. The highest BCUT2D eigenvalue weighted by molar-refractivity contribution is 9.10. The van der Waals surface area contributed by atoms with Crippen LogP contribution in [0.2, 0.25) is 5.02 Å². The molecule has 1 aliphatic heterocycles. The van der Waals surface area contributed by atoms with Crippen molar-refractivity contribution >= 4 is 50.9 Å². The second-order valence-corrected chi connectivity index (χ2v) is 10.1. The molecule has 0 fully saturated rings. The van der Waals surface area contributed by atoms with Gasteiger partial charge in [0, 0.05) is 10.6 Å². The Kier molecular flexibility index (Phi) is 8.02. The lowest BCUT2D eigenvalue weighted by atomic mass is 9.96. The Labute approximate surface area is 225 Å². The van der Waals surface area contributed by atoms with Gasteiger partial charge in [0.15, 0.2) is 4.80 Å². The molecule has 188 valence electrons. The number of hydrogen-bond donors (Lipinski definition) is 0. The number of ether oxygens (including phenoxy) is 3. The number of benzene rings is 2. The van der Waals surface area contributed by atoms with Crippen molar-refractivity contribution in [1.82, 2.24) is 4.57 Å². The summed E-state index contributed by atoms with van der Waals surface area (Å²) in [5.41, 5.74) is 1.92. The average Bonchev–Trinajstić information content (AvgIpc) is 3.13. The van der Waals surface area contributed by atoms with E-state index in [2.05, 4.69) is 20.9 Å². The second kappa shape index (κ2) is 11.0. The fourth-order valence-electron chi connectivity index (χ4n) is 4.06. The lowest BCUT2D eigenvalue weighted by molar-refractivity contribution is -0.139. The number of fused-ring (bicyclic) bond motifs is 1. The van der Waals surface area contributed by atoms with E-state index >= 15 is 0 Å². The summed E-state index contributed by atoms with van der Waals surface area (Å²) in [4.78, 5) is 31.9. The number of carbonyl (C=O) groups is 1. The van der Waals surface area contributed by atoms with Gasteiger partial charge in [-0.2, -0.15) is 0 Å². The first kappa shape index (κ1) is 26.2. The van der Waals surface area contributed by atoms with Crippen LogP contribution in [0, 0.1) is 0 Å². The van der Waals surface area contributed by atoms with Crippen LogP contribution >= 0.6 is 38.9 Å². The lowest BCUT2D eigenvalue weighted by Gasteiger charge is -2.24. The highest BCUT2D eigenvalue weighted by Gasteiger charge is 2.33. The molecule has 36 heavy (non-hydrogen) atoms. The molecule has 0 spiro atoms. The number of aromatic nitrogens is 1. The van der Waals surface area contributed by atoms with E-state index in [-0.39, 0.29) is 12.2 Å². The number of allylic oxidation sites excluding steroid dienone is 1. The van der Waals surface area contributed by atoms with Gasteiger partial charge in [0.05, 0.1) is 46.6 Å². The molecule has 1 aromatic heterocycles. The number of carbonyl (C=O) groups excluding carboxylic acids is 1.